The highest BCUT2D eigenvalue weighted by atomic mass is 19.4. The minimum Gasteiger partial charge on any atom is -0.205 e. The average Bonchev–Trinajstić information content (AvgIpc) is 2.13. The first kappa shape index (κ1) is 12.4. The summed E-state index contributed by atoms with van der Waals surface area (Å²) < 4.78 is 75.5. The molecule has 0 aliphatic heterocycles. The van der Waals surface area contributed by atoms with Gasteiger partial charge in [-0.25, -0.2) is 13.2 Å². The van der Waals surface area contributed by atoms with Crippen molar-refractivity contribution in [3.8, 4) is 6.07 Å². The van der Waals surface area contributed by atoms with Crippen molar-refractivity contribution in [3.63, 3.8) is 0 Å². The van der Waals surface area contributed by atoms with E-state index >= 15 is 0 Å². The lowest BCUT2D eigenvalue weighted by atomic mass is 10.0. The van der Waals surface area contributed by atoms with Crippen molar-refractivity contribution in [2.24, 2.45) is 0 Å². The predicted octanol–water partition coefficient (Wildman–Crippen LogP) is 3.30. The molecule has 0 aliphatic rings. The maximum atomic E-state index is 13.1. The standard InChI is InChI=1S/C9H3F6N/c1-3-4(2-16)7(11)5(9(13,14)15)8(12)6(3)10/h1H3. The fourth-order valence-corrected chi connectivity index (χ4v) is 1.15. The fourth-order valence-electron chi connectivity index (χ4n) is 1.15. The van der Waals surface area contributed by atoms with E-state index in [1.165, 1.54) is 0 Å². The van der Waals surface area contributed by atoms with Crippen LogP contribution in [0.5, 0.6) is 0 Å². The summed E-state index contributed by atoms with van der Waals surface area (Å²) in [5.74, 6) is -6.29. The number of hydrogen-bond donors (Lipinski definition) is 0. The normalized spacial score (nSPS) is 11.4. The summed E-state index contributed by atoms with van der Waals surface area (Å²) in [6.45, 7) is 0.820. The molecule has 0 amide bonds. The molecule has 16 heavy (non-hydrogen) atoms. The van der Waals surface area contributed by atoms with Gasteiger partial charge in [0.05, 0.1) is 5.56 Å². The van der Waals surface area contributed by atoms with Gasteiger partial charge in [-0.05, 0) is 6.92 Å². The summed E-state index contributed by atoms with van der Waals surface area (Å²) in [4.78, 5) is 0. The van der Waals surface area contributed by atoms with E-state index in [9.17, 15) is 26.3 Å². The van der Waals surface area contributed by atoms with Gasteiger partial charge in [-0.15, -0.1) is 0 Å². The van der Waals surface area contributed by atoms with Crippen LogP contribution in [0, 0.1) is 35.7 Å². The Morgan fingerprint density at radius 1 is 1.00 bits per heavy atom. The van der Waals surface area contributed by atoms with Gasteiger partial charge >= 0.3 is 6.18 Å². The highest BCUT2D eigenvalue weighted by Crippen LogP contribution is 2.36. The van der Waals surface area contributed by atoms with Crippen LogP contribution in [-0.2, 0) is 6.18 Å². The molecule has 0 bridgehead atoms. The summed E-state index contributed by atoms with van der Waals surface area (Å²) in [5, 5.41) is 8.36. The van der Waals surface area contributed by atoms with E-state index in [0.29, 0.717) is 0 Å². The van der Waals surface area contributed by atoms with Gasteiger partial charge in [-0.2, -0.15) is 18.4 Å². The highest BCUT2D eigenvalue weighted by molar-refractivity contribution is 5.44. The van der Waals surface area contributed by atoms with Gasteiger partial charge in [-0.1, -0.05) is 0 Å². The van der Waals surface area contributed by atoms with E-state index in [1.54, 1.807) is 0 Å². The minimum absolute atomic E-state index is 0.787. The molecule has 1 rings (SSSR count). The van der Waals surface area contributed by atoms with Crippen molar-refractivity contribution in [2.45, 2.75) is 13.1 Å². The molecule has 0 atom stereocenters. The molecule has 86 valence electrons. The van der Waals surface area contributed by atoms with Crippen molar-refractivity contribution < 1.29 is 26.3 Å². The second kappa shape index (κ2) is 3.70. The zero-order valence-electron chi connectivity index (χ0n) is 7.72. The summed E-state index contributed by atoms with van der Waals surface area (Å²) >= 11 is 0. The van der Waals surface area contributed by atoms with Gasteiger partial charge in [-0.3, -0.25) is 0 Å². The molecular weight excluding hydrogens is 236 g/mol. The number of alkyl halides is 3. The second-order valence-electron chi connectivity index (χ2n) is 2.93. The SMILES string of the molecule is Cc1c(F)c(F)c(C(F)(F)F)c(F)c1C#N. The first-order valence-corrected chi connectivity index (χ1v) is 3.86. The van der Waals surface area contributed by atoms with Crippen LogP contribution in [0.4, 0.5) is 26.3 Å². The molecule has 0 N–H and O–H groups in total. The summed E-state index contributed by atoms with van der Waals surface area (Å²) in [5.41, 5.74) is -4.32. The maximum absolute atomic E-state index is 13.1. The van der Waals surface area contributed by atoms with Gasteiger partial charge in [0.1, 0.15) is 11.6 Å². The molecule has 1 aromatic carbocycles. The molecule has 0 unspecified atom stereocenters. The third kappa shape index (κ3) is 1.71. The van der Waals surface area contributed by atoms with Gasteiger partial charge in [0.2, 0.25) is 0 Å². The van der Waals surface area contributed by atoms with Gasteiger partial charge in [0, 0.05) is 5.56 Å². The van der Waals surface area contributed by atoms with Crippen LogP contribution in [-0.4, -0.2) is 0 Å². The maximum Gasteiger partial charge on any atom is 0.422 e. The summed E-state index contributed by atoms with van der Waals surface area (Å²) in [6.07, 6.45) is -5.39. The van der Waals surface area contributed by atoms with Crippen LogP contribution in [0.3, 0.4) is 0 Å². The summed E-state index contributed by atoms with van der Waals surface area (Å²) in [6, 6.07) is 1.06. The monoisotopic (exact) mass is 239 g/mol. The first-order valence-electron chi connectivity index (χ1n) is 3.86. The molecule has 7 heteroatoms. The van der Waals surface area contributed by atoms with Crippen molar-refractivity contribution in [1.29, 1.82) is 5.26 Å². The number of halogens is 6. The Morgan fingerprint density at radius 2 is 1.50 bits per heavy atom. The molecular formula is C9H3F6N. The zero-order chi connectivity index (χ0) is 12.7. The van der Waals surface area contributed by atoms with Crippen molar-refractivity contribution in [1.82, 2.24) is 0 Å². The van der Waals surface area contributed by atoms with Gasteiger partial charge in [0.25, 0.3) is 0 Å². The molecule has 0 aliphatic carbocycles. The lowest BCUT2D eigenvalue weighted by molar-refractivity contribution is -0.142. The van der Waals surface area contributed by atoms with Crippen LogP contribution in [0.2, 0.25) is 0 Å². The largest absolute Gasteiger partial charge is 0.422 e. The third-order valence-corrected chi connectivity index (χ3v) is 1.95. The van der Waals surface area contributed by atoms with Gasteiger partial charge in [0.15, 0.2) is 17.5 Å². The van der Waals surface area contributed by atoms with Crippen LogP contribution >= 0.6 is 0 Å². The molecule has 0 heterocycles. The highest BCUT2D eigenvalue weighted by Gasteiger charge is 2.41. The molecule has 0 aromatic heterocycles. The number of rotatable bonds is 0. The van der Waals surface area contributed by atoms with Gasteiger partial charge < -0.3 is 0 Å². The predicted molar refractivity (Wildman–Crippen MR) is 40.8 cm³/mol. The molecule has 0 saturated heterocycles. The first-order chi connectivity index (χ1) is 7.21. The van der Waals surface area contributed by atoms with E-state index in [0.717, 1.165) is 13.0 Å². The fraction of sp³-hybridized carbons (Fsp3) is 0.222. The van der Waals surface area contributed by atoms with E-state index in [-0.39, 0.29) is 0 Å². The zero-order valence-corrected chi connectivity index (χ0v) is 7.72. The Hall–Kier alpha value is -1.71. The third-order valence-electron chi connectivity index (χ3n) is 1.95. The quantitative estimate of drug-likeness (QED) is 0.503. The van der Waals surface area contributed by atoms with Crippen molar-refractivity contribution in [2.75, 3.05) is 0 Å². The smallest absolute Gasteiger partial charge is 0.205 e. The Bertz CT molecular complexity index is 482. The Kier molecular flexibility index (Phi) is 2.86. The van der Waals surface area contributed by atoms with Crippen LogP contribution < -0.4 is 0 Å². The van der Waals surface area contributed by atoms with Crippen molar-refractivity contribution in [3.05, 3.63) is 34.1 Å². The Labute approximate surface area is 85.9 Å². The van der Waals surface area contributed by atoms with Crippen LogP contribution in [0.1, 0.15) is 16.7 Å². The molecule has 1 aromatic rings. The van der Waals surface area contributed by atoms with E-state index in [4.69, 9.17) is 5.26 Å². The lowest BCUT2D eigenvalue weighted by Gasteiger charge is -2.12. The molecule has 0 spiro atoms. The van der Waals surface area contributed by atoms with Crippen molar-refractivity contribution >= 4 is 0 Å². The molecule has 0 fully saturated rings. The van der Waals surface area contributed by atoms with E-state index in [2.05, 4.69) is 0 Å². The Morgan fingerprint density at radius 3 is 1.88 bits per heavy atom. The number of nitriles is 1. The lowest BCUT2D eigenvalue weighted by Crippen LogP contribution is -2.15. The number of nitrogens with zero attached hydrogens (tertiary/aromatic N) is 1. The van der Waals surface area contributed by atoms with Crippen LogP contribution in [0.25, 0.3) is 0 Å². The second-order valence-corrected chi connectivity index (χ2v) is 2.93. The van der Waals surface area contributed by atoms with Crippen LogP contribution in [0.15, 0.2) is 0 Å². The Balaban J connectivity index is 3.78. The van der Waals surface area contributed by atoms with E-state index in [1.807, 2.05) is 0 Å². The minimum atomic E-state index is -5.39. The number of benzene rings is 1. The topological polar surface area (TPSA) is 23.8 Å². The average molecular weight is 239 g/mol. The molecule has 0 radical (unpaired) electrons. The van der Waals surface area contributed by atoms with E-state index < -0.39 is 40.3 Å². The summed E-state index contributed by atoms with van der Waals surface area (Å²) in [7, 11) is 0. The number of hydrogen-bond acceptors (Lipinski definition) is 1. The molecule has 0 saturated carbocycles. The molecule has 1 nitrogen and oxygen atoms in total.